The maximum Gasteiger partial charge on any atom is 0.253 e. The van der Waals surface area contributed by atoms with Gasteiger partial charge in [-0.2, -0.15) is 4.98 Å². The van der Waals surface area contributed by atoms with Gasteiger partial charge in [0, 0.05) is 17.9 Å². The minimum absolute atomic E-state index is 0.0242. The van der Waals surface area contributed by atoms with E-state index in [1.165, 1.54) is 43.0 Å². The van der Waals surface area contributed by atoms with Crippen LogP contribution in [0.15, 0.2) is 22.9 Å². The summed E-state index contributed by atoms with van der Waals surface area (Å²) < 4.78 is 1.71. The highest BCUT2D eigenvalue weighted by atomic mass is 32.2. The lowest BCUT2D eigenvalue weighted by Crippen LogP contribution is -2.26. The summed E-state index contributed by atoms with van der Waals surface area (Å²) in [7, 11) is 0. The summed E-state index contributed by atoms with van der Waals surface area (Å²) in [5, 5.41) is 7.96. The second-order valence-corrected chi connectivity index (χ2v) is 7.08. The van der Waals surface area contributed by atoms with Crippen molar-refractivity contribution in [2.24, 2.45) is 0 Å². The normalized spacial score (nSPS) is 14.7. The Hall–Kier alpha value is -1.89. The van der Waals surface area contributed by atoms with Crippen molar-refractivity contribution < 1.29 is 4.79 Å². The molecule has 0 saturated heterocycles. The van der Waals surface area contributed by atoms with Gasteiger partial charge in [-0.1, -0.05) is 23.4 Å². The van der Waals surface area contributed by atoms with Crippen LogP contribution in [0.5, 0.6) is 0 Å². The highest BCUT2D eigenvalue weighted by Crippen LogP contribution is 2.19. The van der Waals surface area contributed by atoms with Gasteiger partial charge in [0.25, 0.3) is 5.78 Å². The van der Waals surface area contributed by atoms with E-state index in [1.807, 2.05) is 19.9 Å². The van der Waals surface area contributed by atoms with Crippen molar-refractivity contribution in [3.8, 4) is 0 Å². The molecule has 2 heterocycles. The van der Waals surface area contributed by atoms with Crippen LogP contribution >= 0.6 is 11.8 Å². The largest absolute Gasteiger partial charge is 0.355 e. The summed E-state index contributed by atoms with van der Waals surface area (Å²) in [6.07, 6.45) is 8.23. The molecular weight excluding hydrogens is 322 g/mol. The zero-order valence-electron chi connectivity index (χ0n) is 14.2. The quantitative estimate of drug-likeness (QED) is 0.644. The summed E-state index contributed by atoms with van der Waals surface area (Å²) in [5.74, 6) is 0.935. The van der Waals surface area contributed by atoms with Crippen LogP contribution in [0.1, 0.15) is 43.5 Å². The molecule has 0 aromatic carbocycles. The average molecular weight is 345 g/mol. The highest BCUT2D eigenvalue weighted by Gasteiger charge is 2.11. The van der Waals surface area contributed by atoms with E-state index in [-0.39, 0.29) is 5.91 Å². The highest BCUT2D eigenvalue weighted by molar-refractivity contribution is 7.99. The first kappa shape index (κ1) is 17.0. The monoisotopic (exact) mass is 345 g/mol. The topological polar surface area (TPSA) is 72.2 Å². The Morgan fingerprint density at radius 1 is 1.33 bits per heavy atom. The number of hydrogen-bond donors (Lipinski definition) is 1. The molecule has 1 aliphatic rings. The van der Waals surface area contributed by atoms with Crippen molar-refractivity contribution in [3.05, 3.63) is 29.1 Å². The fourth-order valence-electron chi connectivity index (χ4n) is 2.88. The number of nitrogens with one attached hydrogen (secondary N) is 1. The number of nitrogens with zero attached hydrogens (tertiary/aromatic N) is 4. The smallest absolute Gasteiger partial charge is 0.253 e. The van der Waals surface area contributed by atoms with Gasteiger partial charge in [0.2, 0.25) is 11.1 Å². The van der Waals surface area contributed by atoms with Crippen molar-refractivity contribution in [2.45, 2.75) is 51.1 Å². The lowest BCUT2D eigenvalue weighted by atomic mass is 9.97. The van der Waals surface area contributed by atoms with E-state index < -0.39 is 0 Å². The number of amides is 1. The molecule has 2 aromatic rings. The molecule has 0 saturated carbocycles. The van der Waals surface area contributed by atoms with Crippen LogP contribution in [0.25, 0.3) is 5.78 Å². The third kappa shape index (κ3) is 4.35. The molecule has 0 bridgehead atoms. The zero-order chi connectivity index (χ0) is 16.9. The number of allylic oxidation sites excluding steroid dienone is 1. The second kappa shape index (κ2) is 7.79. The summed E-state index contributed by atoms with van der Waals surface area (Å²) in [4.78, 5) is 20.7. The van der Waals surface area contributed by atoms with E-state index >= 15 is 0 Å². The molecule has 0 unspecified atom stereocenters. The van der Waals surface area contributed by atoms with E-state index in [0.29, 0.717) is 23.2 Å². The van der Waals surface area contributed by atoms with Crippen LogP contribution in [-0.2, 0) is 4.79 Å². The Bertz CT molecular complexity index is 768. The SMILES string of the molecule is Cc1cc(C)n2nc(SCC(=O)NCCC3=CCCCC3)nc2n1. The molecule has 1 amide bonds. The number of aromatic nitrogens is 4. The molecular formula is C17H23N5OS. The second-order valence-electron chi connectivity index (χ2n) is 6.14. The minimum Gasteiger partial charge on any atom is -0.355 e. The lowest BCUT2D eigenvalue weighted by molar-refractivity contribution is -0.118. The van der Waals surface area contributed by atoms with Gasteiger partial charge >= 0.3 is 0 Å². The molecule has 6 nitrogen and oxygen atoms in total. The van der Waals surface area contributed by atoms with Gasteiger partial charge in [-0.25, -0.2) is 9.50 Å². The van der Waals surface area contributed by atoms with Gasteiger partial charge in [-0.05, 0) is 52.0 Å². The van der Waals surface area contributed by atoms with Crippen molar-refractivity contribution in [1.82, 2.24) is 24.9 Å². The van der Waals surface area contributed by atoms with E-state index in [4.69, 9.17) is 0 Å². The van der Waals surface area contributed by atoms with Gasteiger partial charge in [0.15, 0.2) is 0 Å². The van der Waals surface area contributed by atoms with Crippen molar-refractivity contribution in [3.63, 3.8) is 0 Å². The number of fused-ring (bicyclic) bond motifs is 1. The minimum atomic E-state index is 0.0242. The molecule has 24 heavy (non-hydrogen) atoms. The van der Waals surface area contributed by atoms with Gasteiger partial charge in [0.05, 0.1) is 5.75 Å². The van der Waals surface area contributed by atoms with Gasteiger partial charge in [-0.3, -0.25) is 4.79 Å². The summed E-state index contributed by atoms with van der Waals surface area (Å²) in [6.45, 7) is 4.62. The molecule has 0 fully saturated rings. The van der Waals surface area contributed by atoms with Crippen LogP contribution < -0.4 is 5.32 Å². The molecule has 1 N–H and O–H groups in total. The number of carbonyl (C=O) groups excluding carboxylic acids is 1. The van der Waals surface area contributed by atoms with E-state index in [2.05, 4.69) is 26.5 Å². The summed E-state index contributed by atoms with van der Waals surface area (Å²) in [5.41, 5.74) is 3.38. The third-order valence-corrected chi connectivity index (χ3v) is 4.92. The first-order valence-corrected chi connectivity index (χ1v) is 9.39. The van der Waals surface area contributed by atoms with Crippen LogP contribution in [-0.4, -0.2) is 37.8 Å². The standard InChI is InChI=1S/C17H23N5OS/c1-12-10-13(2)22-16(19-12)20-17(21-22)24-11-15(23)18-9-8-14-6-4-3-5-7-14/h6,10H,3-5,7-9,11H2,1-2H3,(H,18,23). The predicted octanol–water partition coefficient (Wildman–Crippen LogP) is 2.84. The van der Waals surface area contributed by atoms with Gasteiger partial charge < -0.3 is 5.32 Å². The first-order valence-electron chi connectivity index (χ1n) is 8.40. The summed E-state index contributed by atoms with van der Waals surface area (Å²) >= 11 is 1.35. The van der Waals surface area contributed by atoms with E-state index in [9.17, 15) is 4.79 Å². The predicted molar refractivity (Wildman–Crippen MR) is 95.2 cm³/mol. The number of hydrogen-bond acceptors (Lipinski definition) is 5. The Kier molecular flexibility index (Phi) is 5.50. The number of carbonyl (C=O) groups is 1. The van der Waals surface area contributed by atoms with Crippen molar-refractivity contribution >= 4 is 23.4 Å². The molecule has 0 atom stereocenters. The van der Waals surface area contributed by atoms with Crippen LogP contribution in [0.4, 0.5) is 0 Å². The molecule has 7 heteroatoms. The number of rotatable bonds is 6. The maximum atomic E-state index is 12.0. The van der Waals surface area contributed by atoms with Crippen LogP contribution in [0.3, 0.4) is 0 Å². The Morgan fingerprint density at radius 2 is 2.21 bits per heavy atom. The third-order valence-electron chi connectivity index (χ3n) is 4.08. The Balaban J connectivity index is 1.47. The first-order chi connectivity index (χ1) is 11.6. The maximum absolute atomic E-state index is 12.0. The molecule has 1 aliphatic carbocycles. The van der Waals surface area contributed by atoms with Crippen LogP contribution in [0, 0.1) is 13.8 Å². The fourth-order valence-corrected chi connectivity index (χ4v) is 3.53. The summed E-state index contributed by atoms with van der Waals surface area (Å²) in [6, 6.07) is 1.96. The number of thioether (sulfide) groups is 1. The zero-order valence-corrected chi connectivity index (χ0v) is 15.0. The van der Waals surface area contributed by atoms with Gasteiger partial charge in [-0.15, -0.1) is 5.10 Å². The van der Waals surface area contributed by atoms with Crippen LogP contribution in [0.2, 0.25) is 0 Å². The molecule has 0 aliphatic heterocycles. The average Bonchev–Trinajstić information content (AvgIpc) is 2.97. The van der Waals surface area contributed by atoms with Crippen molar-refractivity contribution in [1.29, 1.82) is 0 Å². The Labute approximate surface area is 146 Å². The molecule has 3 rings (SSSR count). The van der Waals surface area contributed by atoms with E-state index in [1.54, 1.807) is 4.52 Å². The van der Waals surface area contributed by atoms with E-state index in [0.717, 1.165) is 17.8 Å². The fraction of sp³-hybridized carbons (Fsp3) is 0.529. The molecule has 0 spiro atoms. The molecule has 128 valence electrons. The Morgan fingerprint density at radius 3 is 3.00 bits per heavy atom. The van der Waals surface area contributed by atoms with Gasteiger partial charge in [0.1, 0.15) is 0 Å². The van der Waals surface area contributed by atoms with Crippen molar-refractivity contribution in [2.75, 3.05) is 12.3 Å². The molecule has 0 radical (unpaired) electrons. The number of aryl methyl sites for hydroxylation is 2. The lowest BCUT2D eigenvalue weighted by Gasteiger charge is -2.12. The molecule has 2 aromatic heterocycles.